The molecule has 2 heterocycles. The lowest BCUT2D eigenvalue weighted by atomic mass is 10.1. The van der Waals surface area contributed by atoms with E-state index in [-0.39, 0.29) is 22.4 Å². The van der Waals surface area contributed by atoms with Crippen LogP contribution in [0.1, 0.15) is 19.4 Å². The highest BCUT2D eigenvalue weighted by Gasteiger charge is 2.51. The monoisotopic (exact) mass is 390 g/mol. The minimum Gasteiger partial charge on any atom is -0.349 e. The van der Waals surface area contributed by atoms with Gasteiger partial charge in [0.15, 0.2) is 12.1 Å². The molecule has 2 fully saturated rings. The SMILES string of the molecule is CC1(C)O[C@@H]2[C@@H](I)COC(OCc3ccccc3)[C@@H]2O1. The fourth-order valence-corrected chi connectivity index (χ4v) is 3.34. The second kappa shape index (κ2) is 5.88. The van der Waals surface area contributed by atoms with Gasteiger partial charge < -0.3 is 18.9 Å². The van der Waals surface area contributed by atoms with Crippen molar-refractivity contribution in [2.24, 2.45) is 0 Å². The van der Waals surface area contributed by atoms with Crippen molar-refractivity contribution >= 4 is 22.6 Å². The van der Waals surface area contributed by atoms with Crippen LogP contribution in [0.5, 0.6) is 0 Å². The zero-order chi connectivity index (χ0) is 14.2. The molecule has 0 bridgehead atoms. The van der Waals surface area contributed by atoms with Gasteiger partial charge in [0.1, 0.15) is 12.2 Å². The van der Waals surface area contributed by atoms with Gasteiger partial charge in [0.05, 0.1) is 17.1 Å². The van der Waals surface area contributed by atoms with E-state index in [2.05, 4.69) is 22.6 Å². The maximum absolute atomic E-state index is 5.96. The average Bonchev–Trinajstić information content (AvgIpc) is 2.76. The summed E-state index contributed by atoms with van der Waals surface area (Å²) >= 11 is 2.36. The molecule has 0 saturated carbocycles. The van der Waals surface area contributed by atoms with Crippen molar-refractivity contribution in [1.82, 2.24) is 0 Å². The molecule has 3 rings (SSSR count). The molecule has 1 aromatic carbocycles. The first-order valence-electron chi connectivity index (χ1n) is 6.82. The highest BCUT2D eigenvalue weighted by molar-refractivity contribution is 14.1. The minimum absolute atomic E-state index is 0.0279. The third kappa shape index (κ3) is 3.17. The highest BCUT2D eigenvalue weighted by Crippen LogP contribution is 2.38. The third-order valence-corrected chi connectivity index (χ3v) is 4.53. The molecule has 0 aliphatic carbocycles. The normalized spacial score (nSPS) is 35.8. The zero-order valence-corrected chi connectivity index (χ0v) is 13.8. The summed E-state index contributed by atoms with van der Waals surface area (Å²) in [5.41, 5.74) is 1.13. The van der Waals surface area contributed by atoms with Gasteiger partial charge in [-0.3, -0.25) is 0 Å². The van der Waals surface area contributed by atoms with E-state index >= 15 is 0 Å². The number of alkyl halides is 1. The van der Waals surface area contributed by atoms with E-state index in [9.17, 15) is 0 Å². The summed E-state index contributed by atoms with van der Waals surface area (Å²) in [5.74, 6) is -0.569. The Bertz CT molecular complexity index is 450. The predicted molar refractivity (Wildman–Crippen MR) is 82.6 cm³/mol. The van der Waals surface area contributed by atoms with E-state index in [1.807, 2.05) is 44.2 Å². The standard InChI is InChI=1S/C15H19IO4/c1-15(2)19-12-11(16)9-18-14(13(12)20-15)17-8-10-6-4-3-5-7-10/h3-7,11-14H,8-9H2,1-2H3/t11-,12+,13+,14?/m0/s1. The largest absolute Gasteiger partial charge is 0.349 e. The molecule has 4 nitrogen and oxygen atoms in total. The van der Waals surface area contributed by atoms with Crippen LogP contribution >= 0.6 is 22.6 Å². The lowest BCUT2D eigenvalue weighted by Crippen LogP contribution is -2.49. The summed E-state index contributed by atoms with van der Waals surface area (Å²) in [4.78, 5) is 0. The fourth-order valence-electron chi connectivity index (χ4n) is 2.58. The molecule has 1 aromatic rings. The molecule has 2 aliphatic heterocycles. The van der Waals surface area contributed by atoms with Gasteiger partial charge in [0, 0.05) is 0 Å². The first-order chi connectivity index (χ1) is 9.55. The Balaban J connectivity index is 1.65. The Morgan fingerprint density at radius 3 is 2.65 bits per heavy atom. The smallest absolute Gasteiger partial charge is 0.186 e. The van der Waals surface area contributed by atoms with Crippen molar-refractivity contribution in [3.8, 4) is 0 Å². The van der Waals surface area contributed by atoms with E-state index in [0.717, 1.165) is 5.56 Å². The van der Waals surface area contributed by atoms with Gasteiger partial charge in [-0.05, 0) is 19.4 Å². The number of ether oxygens (including phenoxy) is 4. The van der Waals surface area contributed by atoms with Crippen LogP contribution in [0, 0.1) is 0 Å². The summed E-state index contributed by atoms with van der Waals surface area (Å²) in [6.07, 6.45) is -0.502. The Morgan fingerprint density at radius 1 is 1.20 bits per heavy atom. The maximum atomic E-state index is 5.96. The van der Waals surface area contributed by atoms with Crippen LogP contribution in [-0.4, -0.2) is 34.8 Å². The molecule has 20 heavy (non-hydrogen) atoms. The quantitative estimate of drug-likeness (QED) is 0.588. The van der Waals surface area contributed by atoms with Crippen LogP contribution in [0.15, 0.2) is 30.3 Å². The highest BCUT2D eigenvalue weighted by atomic mass is 127. The molecule has 0 aromatic heterocycles. The molecule has 0 radical (unpaired) electrons. The van der Waals surface area contributed by atoms with Crippen LogP contribution < -0.4 is 0 Å². The van der Waals surface area contributed by atoms with Crippen molar-refractivity contribution in [2.45, 2.75) is 48.7 Å². The van der Waals surface area contributed by atoms with Gasteiger partial charge in [-0.1, -0.05) is 52.9 Å². The molecule has 0 amide bonds. The Kier molecular flexibility index (Phi) is 4.33. The fraction of sp³-hybridized carbons (Fsp3) is 0.600. The molecular weight excluding hydrogens is 371 g/mol. The van der Waals surface area contributed by atoms with E-state index < -0.39 is 5.79 Å². The molecule has 5 heteroatoms. The predicted octanol–water partition coefficient (Wildman–Crippen LogP) is 2.88. The minimum atomic E-state index is -0.569. The zero-order valence-electron chi connectivity index (χ0n) is 11.6. The van der Waals surface area contributed by atoms with Crippen molar-refractivity contribution < 1.29 is 18.9 Å². The van der Waals surface area contributed by atoms with Gasteiger partial charge in [-0.25, -0.2) is 0 Å². The lowest BCUT2D eigenvalue weighted by Gasteiger charge is -2.34. The third-order valence-electron chi connectivity index (χ3n) is 3.47. The van der Waals surface area contributed by atoms with Crippen molar-refractivity contribution in [3.63, 3.8) is 0 Å². The Labute approximate surface area is 132 Å². The van der Waals surface area contributed by atoms with Gasteiger partial charge in [0.25, 0.3) is 0 Å². The molecule has 1 unspecified atom stereocenters. The Morgan fingerprint density at radius 2 is 1.90 bits per heavy atom. The van der Waals surface area contributed by atoms with Gasteiger partial charge in [-0.15, -0.1) is 0 Å². The summed E-state index contributed by atoms with van der Waals surface area (Å²) < 4.78 is 23.9. The van der Waals surface area contributed by atoms with Crippen LogP contribution in [0.25, 0.3) is 0 Å². The molecule has 2 aliphatic rings. The first kappa shape index (κ1) is 14.7. The Hall–Kier alpha value is -0.210. The first-order valence-corrected chi connectivity index (χ1v) is 8.06. The number of hydrogen-bond donors (Lipinski definition) is 0. The topological polar surface area (TPSA) is 36.9 Å². The molecule has 0 N–H and O–H groups in total. The van der Waals surface area contributed by atoms with Crippen molar-refractivity contribution in [3.05, 3.63) is 35.9 Å². The van der Waals surface area contributed by atoms with Crippen LogP contribution in [0.2, 0.25) is 0 Å². The van der Waals surface area contributed by atoms with Gasteiger partial charge >= 0.3 is 0 Å². The lowest BCUT2D eigenvalue weighted by molar-refractivity contribution is -0.232. The summed E-state index contributed by atoms with van der Waals surface area (Å²) in [7, 11) is 0. The van der Waals surface area contributed by atoms with E-state index in [4.69, 9.17) is 18.9 Å². The van der Waals surface area contributed by atoms with Crippen LogP contribution in [-0.2, 0) is 25.6 Å². The molecule has 110 valence electrons. The van der Waals surface area contributed by atoms with Gasteiger partial charge in [0.2, 0.25) is 0 Å². The van der Waals surface area contributed by atoms with E-state index in [1.165, 1.54) is 0 Å². The number of fused-ring (bicyclic) bond motifs is 1. The molecule has 0 spiro atoms. The van der Waals surface area contributed by atoms with Crippen molar-refractivity contribution in [1.29, 1.82) is 0 Å². The molecule has 2 saturated heterocycles. The number of hydrogen-bond acceptors (Lipinski definition) is 4. The van der Waals surface area contributed by atoms with Gasteiger partial charge in [-0.2, -0.15) is 0 Å². The van der Waals surface area contributed by atoms with Crippen molar-refractivity contribution in [2.75, 3.05) is 6.61 Å². The van der Waals surface area contributed by atoms with Crippen LogP contribution in [0.3, 0.4) is 0 Å². The van der Waals surface area contributed by atoms with E-state index in [1.54, 1.807) is 0 Å². The molecule has 4 atom stereocenters. The van der Waals surface area contributed by atoms with E-state index in [0.29, 0.717) is 13.2 Å². The molecular formula is C15H19IO4. The average molecular weight is 390 g/mol. The summed E-state index contributed by atoms with van der Waals surface area (Å²) in [6.45, 7) is 5.01. The second-order valence-electron chi connectivity index (χ2n) is 5.58. The summed E-state index contributed by atoms with van der Waals surface area (Å²) in [5, 5.41) is 0. The maximum Gasteiger partial charge on any atom is 0.186 e. The van der Waals surface area contributed by atoms with Crippen LogP contribution in [0.4, 0.5) is 0 Å². The summed E-state index contributed by atoms with van der Waals surface area (Å²) in [6, 6.07) is 10.1. The number of halogens is 1. The number of rotatable bonds is 3. The second-order valence-corrected chi connectivity index (χ2v) is 7.18. The number of benzene rings is 1.